The van der Waals surface area contributed by atoms with Crippen molar-refractivity contribution in [3.8, 4) is 5.75 Å². The monoisotopic (exact) mass is 355 g/mol. The van der Waals surface area contributed by atoms with Crippen LogP contribution in [0.25, 0.3) is 0 Å². The van der Waals surface area contributed by atoms with Crippen LogP contribution in [0.3, 0.4) is 0 Å². The van der Waals surface area contributed by atoms with Crippen molar-refractivity contribution in [2.75, 3.05) is 19.0 Å². The third-order valence-electron chi connectivity index (χ3n) is 3.43. The summed E-state index contributed by atoms with van der Waals surface area (Å²) in [6, 6.07) is 14.1. The zero-order chi connectivity index (χ0) is 18.9. The van der Waals surface area contributed by atoms with Crippen LogP contribution >= 0.6 is 0 Å². The van der Waals surface area contributed by atoms with Crippen molar-refractivity contribution in [3.63, 3.8) is 0 Å². The van der Waals surface area contributed by atoms with Crippen molar-refractivity contribution in [2.45, 2.75) is 6.54 Å². The first-order chi connectivity index (χ1) is 12.5. The highest BCUT2D eigenvalue weighted by Crippen LogP contribution is 2.14. The Hall–Kier alpha value is -3.55. The summed E-state index contributed by atoms with van der Waals surface area (Å²) in [6.07, 6.45) is 0. The van der Waals surface area contributed by atoms with Gasteiger partial charge >= 0.3 is 0 Å². The third kappa shape index (κ3) is 5.82. The van der Waals surface area contributed by atoms with Crippen LogP contribution in [0.1, 0.15) is 15.9 Å². The summed E-state index contributed by atoms with van der Waals surface area (Å²) in [5, 5.41) is 5.41. The number of primary amides is 1. The van der Waals surface area contributed by atoms with E-state index in [-0.39, 0.29) is 18.4 Å². The van der Waals surface area contributed by atoms with Crippen molar-refractivity contribution < 1.29 is 14.3 Å². The number of hydrogen-bond acceptors (Lipinski definition) is 4. The fourth-order valence-corrected chi connectivity index (χ4v) is 2.07. The number of anilines is 1. The number of amides is 2. The average molecular weight is 355 g/mol. The van der Waals surface area contributed by atoms with Crippen molar-refractivity contribution in [3.05, 3.63) is 59.7 Å². The molecular weight excluding hydrogens is 334 g/mol. The largest absolute Gasteiger partial charge is 0.497 e. The van der Waals surface area contributed by atoms with E-state index in [2.05, 4.69) is 15.6 Å². The molecule has 0 aromatic heterocycles. The van der Waals surface area contributed by atoms with Crippen LogP contribution in [0.5, 0.6) is 5.75 Å². The Bertz CT molecular complexity index is 785. The van der Waals surface area contributed by atoms with Gasteiger partial charge in [0, 0.05) is 11.3 Å². The van der Waals surface area contributed by atoms with Crippen LogP contribution < -0.4 is 26.8 Å². The maximum atomic E-state index is 11.8. The number of nitrogens with zero attached hydrogens (tertiary/aromatic N) is 1. The summed E-state index contributed by atoms with van der Waals surface area (Å²) in [5.41, 5.74) is 13.0. The standard InChI is InChI=1S/C18H21N5O3/c1-26-15-8-6-14(7-9-15)23-18(20)22-10-12-2-4-13(5-3-12)17(25)21-11-16(19)24/h2-9H,10-11H2,1H3,(H2,19,24)(H,21,25)(H3,20,22,23). The van der Waals surface area contributed by atoms with Crippen LogP contribution in [0.4, 0.5) is 5.69 Å². The molecule has 8 nitrogen and oxygen atoms in total. The van der Waals surface area contributed by atoms with E-state index in [9.17, 15) is 9.59 Å². The number of aliphatic imine (C=N–C) groups is 1. The van der Waals surface area contributed by atoms with Crippen molar-refractivity contribution >= 4 is 23.5 Å². The van der Waals surface area contributed by atoms with Gasteiger partial charge in [0.1, 0.15) is 5.75 Å². The van der Waals surface area contributed by atoms with Crippen LogP contribution in [0.2, 0.25) is 0 Å². The molecule has 0 aliphatic rings. The Morgan fingerprint density at radius 1 is 1.04 bits per heavy atom. The second kappa shape index (κ2) is 9.07. The summed E-state index contributed by atoms with van der Waals surface area (Å²) in [7, 11) is 1.60. The van der Waals surface area contributed by atoms with Gasteiger partial charge in [-0.15, -0.1) is 0 Å². The topological polar surface area (TPSA) is 132 Å². The lowest BCUT2D eigenvalue weighted by atomic mass is 10.1. The zero-order valence-electron chi connectivity index (χ0n) is 14.4. The van der Waals surface area contributed by atoms with Gasteiger partial charge in [0.05, 0.1) is 20.2 Å². The molecular formula is C18H21N5O3. The van der Waals surface area contributed by atoms with Gasteiger partial charge in [-0.3, -0.25) is 9.59 Å². The lowest BCUT2D eigenvalue weighted by Crippen LogP contribution is -2.33. The number of nitrogens with two attached hydrogens (primary N) is 2. The van der Waals surface area contributed by atoms with Gasteiger partial charge in [0.15, 0.2) is 5.96 Å². The van der Waals surface area contributed by atoms with E-state index in [0.717, 1.165) is 17.0 Å². The molecule has 0 spiro atoms. The lowest BCUT2D eigenvalue weighted by molar-refractivity contribution is -0.117. The summed E-state index contributed by atoms with van der Waals surface area (Å²) in [4.78, 5) is 26.7. The van der Waals surface area contributed by atoms with E-state index in [1.54, 1.807) is 31.4 Å². The molecule has 0 aliphatic carbocycles. The number of carbonyl (C=O) groups excluding carboxylic acids is 2. The first kappa shape index (κ1) is 18.8. The summed E-state index contributed by atoms with van der Waals surface area (Å²) in [6.45, 7) is 0.163. The minimum atomic E-state index is -0.593. The minimum Gasteiger partial charge on any atom is -0.497 e. The molecule has 2 amide bonds. The number of benzene rings is 2. The molecule has 8 heteroatoms. The van der Waals surface area contributed by atoms with Gasteiger partial charge in [0.25, 0.3) is 5.91 Å². The molecule has 0 heterocycles. The first-order valence-corrected chi connectivity index (χ1v) is 7.84. The Balaban J connectivity index is 1.90. The molecule has 136 valence electrons. The Morgan fingerprint density at radius 2 is 1.69 bits per heavy atom. The molecule has 0 saturated carbocycles. The van der Waals surface area contributed by atoms with E-state index in [1.165, 1.54) is 0 Å². The Labute approximate surface area is 151 Å². The highest BCUT2D eigenvalue weighted by molar-refractivity contribution is 5.96. The summed E-state index contributed by atoms with van der Waals surface area (Å²) >= 11 is 0. The van der Waals surface area contributed by atoms with E-state index in [4.69, 9.17) is 16.2 Å². The van der Waals surface area contributed by atoms with Crippen LogP contribution in [0, 0.1) is 0 Å². The van der Waals surface area contributed by atoms with Gasteiger partial charge in [-0.25, -0.2) is 4.99 Å². The van der Waals surface area contributed by atoms with Crippen molar-refractivity contribution in [2.24, 2.45) is 16.5 Å². The number of methoxy groups -OCH3 is 1. The van der Waals surface area contributed by atoms with Crippen molar-refractivity contribution in [1.82, 2.24) is 5.32 Å². The number of nitrogens with one attached hydrogen (secondary N) is 2. The molecule has 26 heavy (non-hydrogen) atoms. The van der Waals surface area contributed by atoms with E-state index in [0.29, 0.717) is 12.1 Å². The Morgan fingerprint density at radius 3 is 2.27 bits per heavy atom. The zero-order valence-corrected chi connectivity index (χ0v) is 14.4. The molecule has 0 bridgehead atoms. The highest BCUT2D eigenvalue weighted by Gasteiger charge is 2.06. The molecule has 0 fully saturated rings. The first-order valence-electron chi connectivity index (χ1n) is 7.84. The van der Waals surface area contributed by atoms with Crippen LogP contribution in [-0.4, -0.2) is 31.4 Å². The predicted octanol–water partition coefficient (Wildman–Crippen LogP) is 0.837. The fraction of sp³-hybridized carbons (Fsp3) is 0.167. The maximum absolute atomic E-state index is 11.8. The molecule has 0 saturated heterocycles. The van der Waals surface area contributed by atoms with Crippen LogP contribution in [0.15, 0.2) is 53.5 Å². The fourth-order valence-electron chi connectivity index (χ4n) is 2.07. The van der Waals surface area contributed by atoms with Gasteiger partial charge in [-0.2, -0.15) is 0 Å². The molecule has 2 aromatic rings. The van der Waals surface area contributed by atoms with Gasteiger partial charge < -0.3 is 26.8 Å². The smallest absolute Gasteiger partial charge is 0.251 e. The second-order valence-electron chi connectivity index (χ2n) is 5.40. The number of carbonyl (C=O) groups is 2. The Kier molecular flexibility index (Phi) is 6.55. The van der Waals surface area contributed by atoms with Crippen LogP contribution in [-0.2, 0) is 11.3 Å². The quantitative estimate of drug-likeness (QED) is 0.431. The minimum absolute atomic E-state index is 0.196. The lowest BCUT2D eigenvalue weighted by Gasteiger charge is -2.07. The van der Waals surface area contributed by atoms with Crippen molar-refractivity contribution in [1.29, 1.82) is 0 Å². The predicted molar refractivity (Wildman–Crippen MR) is 99.9 cm³/mol. The number of ether oxygens (including phenoxy) is 1. The average Bonchev–Trinajstić information content (AvgIpc) is 2.65. The van der Waals surface area contributed by atoms with E-state index < -0.39 is 5.91 Å². The number of guanidine groups is 1. The van der Waals surface area contributed by atoms with E-state index in [1.807, 2.05) is 24.3 Å². The summed E-state index contributed by atoms with van der Waals surface area (Å²) < 4.78 is 5.09. The molecule has 0 atom stereocenters. The molecule has 2 rings (SSSR count). The SMILES string of the molecule is COc1ccc(NC(N)=NCc2ccc(C(=O)NCC(N)=O)cc2)cc1. The van der Waals surface area contributed by atoms with E-state index >= 15 is 0 Å². The highest BCUT2D eigenvalue weighted by atomic mass is 16.5. The summed E-state index contributed by atoms with van der Waals surface area (Å²) in [5.74, 6) is 0.0770. The normalized spacial score (nSPS) is 10.9. The van der Waals surface area contributed by atoms with Gasteiger partial charge in [-0.05, 0) is 42.0 Å². The molecule has 2 aromatic carbocycles. The molecule has 6 N–H and O–H groups in total. The number of hydrogen-bond donors (Lipinski definition) is 4. The van der Waals surface area contributed by atoms with Gasteiger partial charge in [-0.1, -0.05) is 12.1 Å². The third-order valence-corrected chi connectivity index (χ3v) is 3.43. The second-order valence-corrected chi connectivity index (χ2v) is 5.40. The van der Waals surface area contributed by atoms with Gasteiger partial charge in [0.2, 0.25) is 5.91 Å². The maximum Gasteiger partial charge on any atom is 0.251 e. The number of rotatable bonds is 7. The molecule has 0 aliphatic heterocycles. The molecule has 0 radical (unpaired) electrons. The molecule has 0 unspecified atom stereocenters.